The molecule has 1 aromatic carbocycles. The fourth-order valence-corrected chi connectivity index (χ4v) is 2.91. The SMILES string of the molecule is COC(=O)c1cc(C)nc2[nH]c(=S)n(Cc3ccc(C)cc3)c(=O)c12. The molecule has 0 aliphatic heterocycles. The summed E-state index contributed by atoms with van der Waals surface area (Å²) < 4.78 is 6.48. The van der Waals surface area contributed by atoms with Crippen LogP contribution >= 0.6 is 12.2 Å². The van der Waals surface area contributed by atoms with Crippen LogP contribution in [0.25, 0.3) is 11.0 Å². The molecule has 0 unspecified atom stereocenters. The van der Waals surface area contributed by atoms with Gasteiger partial charge >= 0.3 is 5.97 Å². The van der Waals surface area contributed by atoms with Crippen molar-refractivity contribution in [3.05, 3.63) is 67.8 Å². The van der Waals surface area contributed by atoms with Crippen molar-refractivity contribution in [1.82, 2.24) is 14.5 Å². The van der Waals surface area contributed by atoms with E-state index in [1.807, 2.05) is 31.2 Å². The van der Waals surface area contributed by atoms with Crippen LogP contribution in [0.3, 0.4) is 0 Å². The number of nitrogens with zero attached hydrogens (tertiary/aromatic N) is 2. The van der Waals surface area contributed by atoms with Gasteiger partial charge in [-0.1, -0.05) is 29.8 Å². The third kappa shape index (κ3) is 3.23. The van der Waals surface area contributed by atoms with Gasteiger partial charge in [0.25, 0.3) is 5.56 Å². The Balaban J connectivity index is 2.25. The number of methoxy groups -OCH3 is 1. The minimum absolute atomic E-state index is 0.179. The monoisotopic (exact) mass is 355 g/mol. The van der Waals surface area contributed by atoms with Crippen LogP contribution in [0.1, 0.15) is 27.2 Å². The molecular formula is C18H17N3O3S. The van der Waals surface area contributed by atoms with E-state index in [1.165, 1.54) is 11.7 Å². The molecule has 0 saturated heterocycles. The Hall–Kier alpha value is -2.80. The van der Waals surface area contributed by atoms with Crippen molar-refractivity contribution in [3.8, 4) is 0 Å². The van der Waals surface area contributed by atoms with Gasteiger partial charge in [-0.05, 0) is 37.7 Å². The predicted molar refractivity (Wildman–Crippen MR) is 97.5 cm³/mol. The fraction of sp³-hybridized carbons (Fsp3) is 0.222. The number of nitrogens with one attached hydrogen (secondary N) is 1. The molecular weight excluding hydrogens is 338 g/mol. The lowest BCUT2D eigenvalue weighted by Gasteiger charge is -2.11. The third-order valence-corrected chi connectivity index (χ3v) is 4.27. The minimum atomic E-state index is -0.583. The summed E-state index contributed by atoms with van der Waals surface area (Å²) >= 11 is 5.32. The number of pyridine rings is 1. The number of rotatable bonds is 3. The molecule has 0 atom stereocenters. The van der Waals surface area contributed by atoms with E-state index in [0.29, 0.717) is 12.2 Å². The summed E-state index contributed by atoms with van der Waals surface area (Å²) in [5, 5.41) is 0.179. The molecule has 1 N–H and O–H groups in total. The van der Waals surface area contributed by atoms with Gasteiger partial charge in [0.05, 0.1) is 24.6 Å². The quantitative estimate of drug-likeness (QED) is 0.577. The molecule has 0 fully saturated rings. The van der Waals surface area contributed by atoms with E-state index in [-0.39, 0.29) is 26.9 Å². The average Bonchev–Trinajstić information content (AvgIpc) is 2.58. The van der Waals surface area contributed by atoms with Gasteiger partial charge in [0.2, 0.25) is 0 Å². The highest BCUT2D eigenvalue weighted by molar-refractivity contribution is 7.71. The van der Waals surface area contributed by atoms with Crippen molar-refractivity contribution in [1.29, 1.82) is 0 Å². The van der Waals surface area contributed by atoms with Gasteiger partial charge in [-0.25, -0.2) is 9.78 Å². The van der Waals surface area contributed by atoms with Gasteiger partial charge in [-0.3, -0.25) is 9.36 Å². The van der Waals surface area contributed by atoms with Gasteiger partial charge in [0.15, 0.2) is 4.77 Å². The van der Waals surface area contributed by atoms with E-state index in [1.54, 1.807) is 13.0 Å². The molecule has 128 valence electrons. The number of carbonyl (C=O) groups excluding carboxylic acids is 1. The van der Waals surface area contributed by atoms with E-state index < -0.39 is 5.97 Å². The Morgan fingerprint density at radius 3 is 2.60 bits per heavy atom. The van der Waals surface area contributed by atoms with Gasteiger partial charge in [0.1, 0.15) is 5.65 Å². The lowest BCUT2D eigenvalue weighted by atomic mass is 10.1. The van der Waals surface area contributed by atoms with Crippen LogP contribution in [-0.4, -0.2) is 27.6 Å². The molecule has 7 heteroatoms. The summed E-state index contributed by atoms with van der Waals surface area (Å²) in [6.07, 6.45) is 0. The molecule has 3 rings (SSSR count). The summed E-state index contributed by atoms with van der Waals surface area (Å²) in [6.45, 7) is 4.04. The highest BCUT2D eigenvalue weighted by Gasteiger charge is 2.18. The summed E-state index contributed by atoms with van der Waals surface area (Å²) in [5.41, 5.74) is 2.76. The molecule has 2 heterocycles. The number of benzene rings is 1. The molecule has 6 nitrogen and oxygen atoms in total. The smallest absolute Gasteiger partial charge is 0.338 e. The molecule has 0 radical (unpaired) electrons. The van der Waals surface area contributed by atoms with Crippen molar-refractivity contribution in [2.24, 2.45) is 0 Å². The largest absolute Gasteiger partial charge is 0.465 e. The van der Waals surface area contributed by atoms with Crippen LogP contribution < -0.4 is 5.56 Å². The summed E-state index contributed by atoms with van der Waals surface area (Å²) in [7, 11) is 1.28. The first-order valence-electron chi connectivity index (χ1n) is 7.69. The van der Waals surface area contributed by atoms with Crippen LogP contribution in [0, 0.1) is 18.6 Å². The number of aromatic amines is 1. The first kappa shape index (κ1) is 17.0. The molecule has 0 spiro atoms. The fourth-order valence-electron chi connectivity index (χ4n) is 2.67. The van der Waals surface area contributed by atoms with Gasteiger partial charge in [-0.15, -0.1) is 0 Å². The molecule has 0 aliphatic rings. The number of H-pyrrole nitrogens is 1. The molecule has 3 aromatic rings. The Bertz CT molecular complexity index is 1080. The highest BCUT2D eigenvalue weighted by Crippen LogP contribution is 2.15. The van der Waals surface area contributed by atoms with Crippen LogP contribution in [0.2, 0.25) is 0 Å². The van der Waals surface area contributed by atoms with E-state index in [4.69, 9.17) is 17.0 Å². The molecule has 2 aromatic heterocycles. The predicted octanol–water partition coefficient (Wildman–Crippen LogP) is 2.91. The van der Waals surface area contributed by atoms with Gasteiger partial charge in [0, 0.05) is 5.69 Å². The summed E-state index contributed by atoms with van der Waals surface area (Å²) in [5.74, 6) is -0.583. The molecule has 0 bridgehead atoms. The van der Waals surface area contributed by atoms with Crippen LogP contribution in [0.4, 0.5) is 0 Å². The van der Waals surface area contributed by atoms with Crippen molar-refractivity contribution >= 4 is 29.2 Å². The Kier molecular flexibility index (Phi) is 4.50. The zero-order valence-electron chi connectivity index (χ0n) is 14.1. The molecule has 0 saturated carbocycles. The van der Waals surface area contributed by atoms with Gasteiger partial charge in [-0.2, -0.15) is 0 Å². The topological polar surface area (TPSA) is 77.0 Å². The number of fused-ring (bicyclic) bond motifs is 1. The number of esters is 1. The maximum Gasteiger partial charge on any atom is 0.338 e. The van der Waals surface area contributed by atoms with Crippen LogP contribution in [-0.2, 0) is 11.3 Å². The molecule has 25 heavy (non-hydrogen) atoms. The van der Waals surface area contributed by atoms with E-state index in [0.717, 1.165) is 11.1 Å². The lowest BCUT2D eigenvalue weighted by Crippen LogP contribution is -2.25. The summed E-state index contributed by atoms with van der Waals surface area (Å²) in [4.78, 5) is 32.3. The third-order valence-electron chi connectivity index (χ3n) is 3.94. The number of aryl methyl sites for hydroxylation is 2. The number of ether oxygens (including phenoxy) is 1. The van der Waals surface area contributed by atoms with Crippen molar-refractivity contribution in [3.63, 3.8) is 0 Å². The van der Waals surface area contributed by atoms with Crippen molar-refractivity contribution in [2.75, 3.05) is 7.11 Å². The zero-order valence-corrected chi connectivity index (χ0v) is 14.9. The lowest BCUT2D eigenvalue weighted by molar-refractivity contribution is 0.0602. The van der Waals surface area contributed by atoms with E-state index in [2.05, 4.69) is 9.97 Å². The molecule has 0 aliphatic carbocycles. The van der Waals surface area contributed by atoms with Gasteiger partial charge < -0.3 is 9.72 Å². The summed E-state index contributed by atoms with van der Waals surface area (Å²) in [6, 6.07) is 9.37. The second-order valence-corrected chi connectivity index (χ2v) is 6.22. The van der Waals surface area contributed by atoms with Crippen molar-refractivity contribution < 1.29 is 9.53 Å². The highest BCUT2D eigenvalue weighted by atomic mass is 32.1. The van der Waals surface area contributed by atoms with Crippen molar-refractivity contribution in [2.45, 2.75) is 20.4 Å². The normalized spacial score (nSPS) is 10.8. The second kappa shape index (κ2) is 6.60. The van der Waals surface area contributed by atoms with Crippen LogP contribution in [0.5, 0.6) is 0 Å². The number of hydrogen-bond donors (Lipinski definition) is 1. The Labute approximate surface area is 149 Å². The zero-order chi connectivity index (χ0) is 18.1. The Morgan fingerprint density at radius 1 is 1.28 bits per heavy atom. The Morgan fingerprint density at radius 2 is 1.96 bits per heavy atom. The number of aromatic nitrogens is 3. The maximum atomic E-state index is 13.0. The first-order chi connectivity index (χ1) is 11.9. The minimum Gasteiger partial charge on any atom is -0.465 e. The van der Waals surface area contributed by atoms with E-state index in [9.17, 15) is 9.59 Å². The van der Waals surface area contributed by atoms with E-state index >= 15 is 0 Å². The number of hydrogen-bond acceptors (Lipinski definition) is 5. The molecule has 0 amide bonds. The first-order valence-corrected chi connectivity index (χ1v) is 8.10. The second-order valence-electron chi connectivity index (χ2n) is 5.83. The number of carbonyl (C=O) groups is 1. The average molecular weight is 355 g/mol. The van der Waals surface area contributed by atoms with Crippen LogP contribution in [0.15, 0.2) is 35.1 Å². The standard InChI is InChI=1S/C18H17N3O3S/c1-10-4-6-12(7-5-10)9-21-16(22)14-13(17(23)24-3)8-11(2)19-15(14)20-18(21)25/h4-8H,9H2,1-3H3,(H,19,20,25). The maximum absolute atomic E-state index is 13.0.